The summed E-state index contributed by atoms with van der Waals surface area (Å²) in [6, 6.07) is 6.54. The first-order chi connectivity index (χ1) is 18.9. The number of piperazine rings is 1. The third-order valence-corrected chi connectivity index (χ3v) is 9.50. The lowest BCUT2D eigenvalue weighted by Gasteiger charge is -2.39. The standard InChI is InChI=1S/C28H36N8O2S/c1-17-16-35(3)11-12-36(17)23-14-24(37-18-6-9-31-10-7-18)33-27(32-23)20-13-22(38-34-20)28(2)8-4-5-21-25(28)19(15-29)26(30)39-21/h13-14,17-18,31H,4-12,16,30H2,1-3H3/t17-,28?/m0/s1. The molecule has 2 atom stereocenters. The number of thiophene rings is 1. The van der Waals surface area contributed by atoms with Gasteiger partial charge in [-0.3, -0.25) is 0 Å². The Morgan fingerprint density at radius 1 is 1.26 bits per heavy atom. The molecule has 39 heavy (non-hydrogen) atoms. The minimum absolute atomic E-state index is 0.118. The Morgan fingerprint density at radius 2 is 2.08 bits per heavy atom. The van der Waals surface area contributed by atoms with Crippen molar-refractivity contribution in [3.63, 3.8) is 0 Å². The molecule has 1 unspecified atom stereocenters. The van der Waals surface area contributed by atoms with Gasteiger partial charge in [-0.05, 0) is 71.7 Å². The SMILES string of the molecule is C[C@H]1CN(C)CCN1c1cc(OC2CCNCC2)nc(-c2cc(C3(C)CCCc4sc(N)c(C#N)c43)on2)n1. The summed E-state index contributed by atoms with van der Waals surface area (Å²) in [7, 11) is 2.15. The first-order valence-corrected chi connectivity index (χ1v) is 14.7. The van der Waals surface area contributed by atoms with Crippen LogP contribution in [0.3, 0.4) is 0 Å². The van der Waals surface area contributed by atoms with Crippen LogP contribution in [-0.4, -0.2) is 71.9 Å². The van der Waals surface area contributed by atoms with Crippen LogP contribution in [0.15, 0.2) is 16.7 Å². The van der Waals surface area contributed by atoms with Crippen molar-refractivity contribution in [1.82, 2.24) is 25.3 Å². The lowest BCUT2D eigenvalue weighted by molar-refractivity contribution is 0.156. The zero-order chi connectivity index (χ0) is 27.1. The van der Waals surface area contributed by atoms with Crippen LogP contribution >= 0.6 is 11.3 Å². The molecule has 6 rings (SSSR count). The number of ether oxygens (including phenoxy) is 1. The molecule has 2 saturated heterocycles. The monoisotopic (exact) mass is 548 g/mol. The molecular weight excluding hydrogens is 512 g/mol. The van der Waals surface area contributed by atoms with E-state index in [9.17, 15) is 5.26 Å². The van der Waals surface area contributed by atoms with Crippen molar-refractivity contribution in [3.8, 4) is 23.5 Å². The zero-order valence-electron chi connectivity index (χ0n) is 22.9. The van der Waals surface area contributed by atoms with Gasteiger partial charge in [-0.15, -0.1) is 11.3 Å². The van der Waals surface area contributed by atoms with Crippen molar-refractivity contribution in [2.24, 2.45) is 0 Å². The Hall–Kier alpha value is -3.20. The van der Waals surface area contributed by atoms with Crippen molar-refractivity contribution >= 4 is 22.2 Å². The van der Waals surface area contributed by atoms with Gasteiger partial charge in [0.25, 0.3) is 0 Å². The van der Waals surface area contributed by atoms with E-state index in [1.807, 2.05) is 12.1 Å². The van der Waals surface area contributed by atoms with Crippen LogP contribution < -0.4 is 20.7 Å². The lowest BCUT2D eigenvalue weighted by atomic mass is 9.71. The van der Waals surface area contributed by atoms with E-state index in [2.05, 4.69) is 47.2 Å². The van der Waals surface area contributed by atoms with Gasteiger partial charge < -0.3 is 30.1 Å². The van der Waals surface area contributed by atoms with Crippen LogP contribution in [0.4, 0.5) is 10.8 Å². The van der Waals surface area contributed by atoms with E-state index in [4.69, 9.17) is 25.0 Å². The Balaban J connectivity index is 1.38. The molecule has 0 aromatic carbocycles. The molecule has 2 aliphatic heterocycles. The van der Waals surface area contributed by atoms with Gasteiger partial charge in [0.05, 0.1) is 11.0 Å². The Bertz CT molecular complexity index is 1390. The molecular formula is C28H36N8O2S. The summed E-state index contributed by atoms with van der Waals surface area (Å²) in [6.07, 6.45) is 4.77. The summed E-state index contributed by atoms with van der Waals surface area (Å²) >= 11 is 1.52. The number of nitriles is 1. The van der Waals surface area contributed by atoms with Gasteiger partial charge in [0.1, 0.15) is 28.8 Å². The molecule has 10 nitrogen and oxygen atoms in total. The normalized spacial score (nSPS) is 24.4. The molecule has 0 bridgehead atoms. The first-order valence-electron chi connectivity index (χ1n) is 13.9. The number of nitrogen functional groups attached to an aromatic ring is 1. The van der Waals surface area contributed by atoms with Crippen LogP contribution in [0.2, 0.25) is 0 Å². The van der Waals surface area contributed by atoms with Gasteiger partial charge in [-0.1, -0.05) is 5.16 Å². The second kappa shape index (κ2) is 10.4. The van der Waals surface area contributed by atoms with Crippen LogP contribution in [0.5, 0.6) is 5.88 Å². The highest BCUT2D eigenvalue weighted by Gasteiger charge is 2.42. The predicted molar refractivity (Wildman–Crippen MR) is 151 cm³/mol. The minimum Gasteiger partial charge on any atom is -0.474 e. The van der Waals surface area contributed by atoms with Crippen molar-refractivity contribution < 1.29 is 9.26 Å². The molecule has 0 amide bonds. The number of nitrogens with zero attached hydrogens (tertiary/aromatic N) is 6. The number of nitrogens with one attached hydrogen (secondary N) is 1. The van der Waals surface area contributed by atoms with Crippen LogP contribution in [-0.2, 0) is 11.8 Å². The Kier molecular flexibility index (Phi) is 6.95. The number of aryl methyl sites for hydroxylation is 1. The number of fused-ring (bicyclic) bond motifs is 1. The van der Waals surface area contributed by atoms with Gasteiger partial charge in [-0.25, -0.2) is 4.98 Å². The number of nitrogens with two attached hydrogens (primary N) is 1. The van der Waals surface area contributed by atoms with Crippen LogP contribution in [0.25, 0.3) is 11.5 Å². The highest BCUT2D eigenvalue weighted by Crippen LogP contribution is 2.49. The van der Waals surface area contributed by atoms with E-state index in [0.29, 0.717) is 39.8 Å². The quantitative estimate of drug-likeness (QED) is 0.488. The predicted octanol–water partition coefficient (Wildman–Crippen LogP) is 3.56. The largest absolute Gasteiger partial charge is 0.474 e. The second-order valence-electron chi connectivity index (χ2n) is 11.3. The molecule has 3 aromatic rings. The number of hydrogen-bond acceptors (Lipinski definition) is 11. The fourth-order valence-electron chi connectivity index (χ4n) is 6.28. The van der Waals surface area contributed by atoms with E-state index in [-0.39, 0.29) is 6.10 Å². The van der Waals surface area contributed by atoms with E-state index in [1.54, 1.807) is 0 Å². The average molecular weight is 549 g/mol. The van der Waals surface area contributed by atoms with Crippen LogP contribution in [0, 0.1) is 11.3 Å². The van der Waals surface area contributed by atoms with Gasteiger partial charge in [-0.2, -0.15) is 10.2 Å². The van der Waals surface area contributed by atoms with E-state index in [0.717, 1.165) is 81.1 Å². The van der Waals surface area contributed by atoms with Crippen molar-refractivity contribution in [3.05, 3.63) is 33.9 Å². The van der Waals surface area contributed by atoms with E-state index < -0.39 is 5.41 Å². The molecule has 5 heterocycles. The number of anilines is 2. The Morgan fingerprint density at radius 3 is 2.85 bits per heavy atom. The molecule has 0 spiro atoms. The molecule has 0 radical (unpaired) electrons. The number of likely N-dealkylation sites (N-methyl/N-ethyl adjacent to an activating group) is 1. The second-order valence-corrected chi connectivity index (χ2v) is 12.4. The van der Waals surface area contributed by atoms with Crippen molar-refractivity contribution in [2.45, 2.75) is 63.5 Å². The highest BCUT2D eigenvalue weighted by molar-refractivity contribution is 7.16. The molecule has 206 valence electrons. The van der Waals surface area contributed by atoms with E-state index in [1.165, 1.54) is 11.3 Å². The third-order valence-electron chi connectivity index (χ3n) is 8.42. The summed E-state index contributed by atoms with van der Waals surface area (Å²) < 4.78 is 12.4. The number of aromatic nitrogens is 3. The number of piperidine rings is 1. The maximum atomic E-state index is 9.87. The molecule has 3 aromatic heterocycles. The average Bonchev–Trinajstić information content (AvgIpc) is 3.55. The first kappa shape index (κ1) is 26.0. The van der Waals surface area contributed by atoms with Crippen LogP contribution in [0.1, 0.15) is 61.3 Å². The van der Waals surface area contributed by atoms with Crippen molar-refractivity contribution in [2.75, 3.05) is 50.4 Å². The fraction of sp³-hybridized carbons (Fsp3) is 0.571. The molecule has 2 fully saturated rings. The molecule has 11 heteroatoms. The van der Waals surface area contributed by atoms with Crippen molar-refractivity contribution in [1.29, 1.82) is 5.26 Å². The Labute approximate surface area is 233 Å². The fourth-order valence-corrected chi connectivity index (χ4v) is 7.47. The molecule has 1 aliphatic carbocycles. The third kappa shape index (κ3) is 4.86. The topological polar surface area (TPSA) is 129 Å². The number of rotatable bonds is 5. The van der Waals surface area contributed by atoms with E-state index >= 15 is 0 Å². The molecule has 3 N–H and O–H groups in total. The maximum Gasteiger partial charge on any atom is 0.219 e. The van der Waals surface area contributed by atoms with Gasteiger partial charge in [0.15, 0.2) is 11.5 Å². The summed E-state index contributed by atoms with van der Waals surface area (Å²) in [6.45, 7) is 9.03. The zero-order valence-corrected chi connectivity index (χ0v) is 23.7. The molecule has 3 aliphatic rings. The van der Waals surface area contributed by atoms with Gasteiger partial charge >= 0.3 is 0 Å². The number of hydrogen-bond donors (Lipinski definition) is 2. The summed E-state index contributed by atoms with van der Waals surface area (Å²) in [5.41, 5.74) is 7.86. The molecule has 0 saturated carbocycles. The lowest BCUT2D eigenvalue weighted by Crippen LogP contribution is -2.50. The smallest absolute Gasteiger partial charge is 0.219 e. The minimum atomic E-state index is -0.490. The van der Waals surface area contributed by atoms with Gasteiger partial charge in [0.2, 0.25) is 5.88 Å². The highest BCUT2D eigenvalue weighted by atomic mass is 32.1. The van der Waals surface area contributed by atoms with Gasteiger partial charge in [0, 0.05) is 42.7 Å². The summed E-state index contributed by atoms with van der Waals surface area (Å²) in [5, 5.41) is 18.3. The maximum absolute atomic E-state index is 9.87. The summed E-state index contributed by atoms with van der Waals surface area (Å²) in [5.74, 6) is 2.61. The summed E-state index contributed by atoms with van der Waals surface area (Å²) in [4.78, 5) is 15.6.